The Kier molecular flexibility index (Phi) is 7.00. The average molecular weight is 780 g/mol. The number of aromatic nitrogens is 5. The largest absolute Gasteiger partial charge is 0.309 e. The molecule has 0 spiro atoms. The van der Waals surface area contributed by atoms with E-state index in [2.05, 4.69) is 205 Å². The SMILES string of the molecule is CC1(C)c2ncccc2-c2c1c1c(c3ccccc23)c2cc(-c3ccc4c(c3)c3ccccc3n4-c3ccccc3)ccc2n1-c1nc(-c2ccccc2)c2ccccc2n1. The molecule has 8 aromatic carbocycles. The zero-order chi connectivity index (χ0) is 40.4. The number of nitrogens with zero attached hydrogens (tertiary/aromatic N) is 5. The van der Waals surface area contributed by atoms with Gasteiger partial charge in [0, 0.05) is 55.4 Å². The molecular weight excluding hydrogens is 743 g/mol. The number of hydrogen-bond donors (Lipinski definition) is 0. The lowest BCUT2D eigenvalue weighted by Gasteiger charge is -2.23. The monoisotopic (exact) mass is 779 g/mol. The fraction of sp³-hybridized carbons (Fsp3) is 0.0536. The predicted molar refractivity (Wildman–Crippen MR) is 252 cm³/mol. The second-order valence-corrected chi connectivity index (χ2v) is 16.8. The van der Waals surface area contributed by atoms with Crippen molar-refractivity contribution in [3.8, 4) is 45.1 Å². The van der Waals surface area contributed by atoms with Gasteiger partial charge in [0.2, 0.25) is 5.95 Å². The van der Waals surface area contributed by atoms with Crippen LogP contribution in [-0.2, 0) is 5.41 Å². The van der Waals surface area contributed by atoms with Gasteiger partial charge in [0.25, 0.3) is 0 Å². The molecule has 0 fully saturated rings. The second kappa shape index (κ2) is 12.6. The van der Waals surface area contributed by atoms with Crippen molar-refractivity contribution in [2.45, 2.75) is 19.3 Å². The van der Waals surface area contributed by atoms with E-state index in [9.17, 15) is 0 Å². The van der Waals surface area contributed by atoms with Crippen LogP contribution in [0.2, 0.25) is 0 Å². The van der Waals surface area contributed by atoms with Crippen LogP contribution in [0.15, 0.2) is 188 Å². The van der Waals surface area contributed by atoms with Crippen LogP contribution >= 0.6 is 0 Å². The molecule has 5 nitrogen and oxygen atoms in total. The maximum atomic E-state index is 5.52. The lowest BCUT2D eigenvalue weighted by molar-refractivity contribution is 0.640. The molecule has 61 heavy (non-hydrogen) atoms. The second-order valence-electron chi connectivity index (χ2n) is 16.8. The van der Waals surface area contributed by atoms with Crippen LogP contribution in [0.4, 0.5) is 0 Å². The first-order valence-corrected chi connectivity index (χ1v) is 21.0. The first-order chi connectivity index (χ1) is 30.0. The lowest BCUT2D eigenvalue weighted by Crippen LogP contribution is -2.18. The van der Waals surface area contributed by atoms with Gasteiger partial charge in [-0.1, -0.05) is 141 Å². The van der Waals surface area contributed by atoms with Crippen LogP contribution < -0.4 is 0 Å². The summed E-state index contributed by atoms with van der Waals surface area (Å²) < 4.78 is 4.72. The third kappa shape index (κ3) is 4.74. The van der Waals surface area contributed by atoms with Crippen LogP contribution in [0.1, 0.15) is 25.1 Å². The minimum Gasteiger partial charge on any atom is -0.309 e. The summed E-state index contributed by atoms with van der Waals surface area (Å²) in [6.07, 6.45) is 1.93. The Hall–Kier alpha value is -7.89. The van der Waals surface area contributed by atoms with Gasteiger partial charge in [-0.15, -0.1) is 0 Å². The number of para-hydroxylation sites is 3. The van der Waals surface area contributed by atoms with E-state index in [0.29, 0.717) is 5.95 Å². The number of pyridine rings is 1. The molecule has 4 aromatic heterocycles. The summed E-state index contributed by atoms with van der Waals surface area (Å²) in [5.74, 6) is 0.651. The third-order valence-corrected chi connectivity index (χ3v) is 13.1. The van der Waals surface area contributed by atoms with Crippen LogP contribution in [-0.4, -0.2) is 24.1 Å². The highest BCUT2D eigenvalue weighted by molar-refractivity contribution is 6.27. The van der Waals surface area contributed by atoms with E-state index in [0.717, 1.165) is 55.5 Å². The Labute approximate surface area is 351 Å². The zero-order valence-corrected chi connectivity index (χ0v) is 33.6. The van der Waals surface area contributed by atoms with Crippen molar-refractivity contribution in [3.63, 3.8) is 0 Å². The molecule has 4 heterocycles. The summed E-state index contributed by atoms with van der Waals surface area (Å²) in [5.41, 5.74) is 15.3. The summed E-state index contributed by atoms with van der Waals surface area (Å²) in [6.45, 7) is 4.65. The van der Waals surface area contributed by atoms with Gasteiger partial charge < -0.3 is 4.57 Å². The first kappa shape index (κ1) is 34.0. The van der Waals surface area contributed by atoms with E-state index in [-0.39, 0.29) is 0 Å². The van der Waals surface area contributed by atoms with Crippen molar-refractivity contribution in [2.75, 3.05) is 0 Å². The van der Waals surface area contributed by atoms with E-state index < -0.39 is 5.41 Å². The highest BCUT2D eigenvalue weighted by atomic mass is 15.2. The van der Waals surface area contributed by atoms with E-state index in [1.165, 1.54) is 60.2 Å². The standard InChI is InChI=1S/C56H37N5/c1-56(2)51-49(42-24-15-31-57-54(42)56)39-21-9-10-22-40(39)50-44-33-36(35-27-29-47-43(32-35)38-20-12-14-26-46(38)60(47)37-18-7-4-8-19-37)28-30-48(44)61(53(50)51)55-58-45-25-13-11-23-41(45)52(59-55)34-16-5-3-6-17-34/h3-33H,1-2H3. The molecule has 0 radical (unpaired) electrons. The molecule has 1 aliphatic rings. The molecule has 0 amide bonds. The van der Waals surface area contributed by atoms with Gasteiger partial charge in [-0.3, -0.25) is 9.55 Å². The summed E-state index contributed by atoms with van der Waals surface area (Å²) in [5, 5.41) is 8.29. The van der Waals surface area contributed by atoms with Gasteiger partial charge in [0.05, 0.1) is 39.0 Å². The molecule has 286 valence electrons. The van der Waals surface area contributed by atoms with Gasteiger partial charge in [-0.2, -0.15) is 0 Å². The fourth-order valence-electron chi connectivity index (χ4n) is 10.5. The molecule has 0 saturated carbocycles. The van der Waals surface area contributed by atoms with Crippen molar-refractivity contribution in [1.82, 2.24) is 24.1 Å². The molecule has 0 N–H and O–H groups in total. The number of benzene rings is 8. The topological polar surface area (TPSA) is 48.5 Å². The Morgan fingerprint density at radius 1 is 0.459 bits per heavy atom. The van der Waals surface area contributed by atoms with Crippen molar-refractivity contribution < 1.29 is 0 Å². The Morgan fingerprint density at radius 2 is 1.08 bits per heavy atom. The molecule has 0 unspecified atom stereocenters. The number of rotatable bonds is 4. The van der Waals surface area contributed by atoms with Crippen LogP contribution in [0.3, 0.4) is 0 Å². The van der Waals surface area contributed by atoms with Crippen LogP contribution in [0, 0.1) is 0 Å². The van der Waals surface area contributed by atoms with Gasteiger partial charge in [0.1, 0.15) is 0 Å². The minimum atomic E-state index is -0.403. The van der Waals surface area contributed by atoms with Crippen molar-refractivity contribution in [1.29, 1.82) is 0 Å². The number of fused-ring (bicyclic) bond motifs is 14. The maximum absolute atomic E-state index is 5.52. The van der Waals surface area contributed by atoms with Gasteiger partial charge in [0.15, 0.2) is 0 Å². The highest BCUT2D eigenvalue weighted by Gasteiger charge is 2.41. The molecule has 0 aliphatic heterocycles. The van der Waals surface area contributed by atoms with Crippen molar-refractivity contribution >= 4 is 65.3 Å². The molecule has 12 aromatic rings. The number of hydrogen-bond acceptors (Lipinski definition) is 3. The minimum absolute atomic E-state index is 0.403. The summed E-state index contributed by atoms with van der Waals surface area (Å²) >= 11 is 0. The smallest absolute Gasteiger partial charge is 0.235 e. The lowest BCUT2D eigenvalue weighted by atomic mass is 9.82. The summed E-state index contributed by atoms with van der Waals surface area (Å²) in [4.78, 5) is 16.0. The molecule has 0 bridgehead atoms. The summed E-state index contributed by atoms with van der Waals surface area (Å²) in [7, 11) is 0. The van der Waals surface area contributed by atoms with Gasteiger partial charge in [-0.25, -0.2) is 9.97 Å². The van der Waals surface area contributed by atoms with Crippen LogP contribution in [0.25, 0.3) is 110 Å². The van der Waals surface area contributed by atoms with E-state index in [1.807, 2.05) is 6.20 Å². The van der Waals surface area contributed by atoms with Crippen LogP contribution in [0.5, 0.6) is 0 Å². The predicted octanol–water partition coefficient (Wildman–Crippen LogP) is 14.0. The molecule has 13 rings (SSSR count). The Bertz CT molecular complexity index is 3780. The third-order valence-electron chi connectivity index (χ3n) is 13.1. The van der Waals surface area contributed by atoms with Gasteiger partial charge in [-0.05, 0) is 87.6 Å². The van der Waals surface area contributed by atoms with Gasteiger partial charge >= 0.3 is 0 Å². The Balaban J connectivity index is 1.15. The molecule has 5 heteroatoms. The Morgan fingerprint density at radius 3 is 1.87 bits per heavy atom. The molecular formula is C56H37N5. The van der Waals surface area contributed by atoms with Crippen molar-refractivity contribution in [3.05, 3.63) is 199 Å². The van der Waals surface area contributed by atoms with E-state index >= 15 is 0 Å². The average Bonchev–Trinajstić information content (AvgIpc) is 3.92. The normalized spacial score (nSPS) is 13.2. The summed E-state index contributed by atoms with van der Waals surface area (Å²) in [6, 6.07) is 65.4. The fourth-order valence-corrected chi connectivity index (χ4v) is 10.5. The van der Waals surface area contributed by atoms with E-state index in [4.69, 9.17) is 15.0 Å². The quantitative estimate of drug-likeness (QED) is 0.179. The zero-order valence-electron chi connectivity index (χ0n) is 33.6. The molecule has 1 aliphatic carbocycles. The highest BCUT2D eigenvalue weighted by Crippen LogP contribution is 2.56. The molecule has 0 saturated heterocycles. The molecule has 0 atom stereocenters. The maximum Gasteiger partial charge on any atom is 0.235 e. The van der Waals surface area contributed by atoms with E-state index in [1.54, 1.807) is 0 Å². The first-order valence-electron chi connectivity index (χ1n) is 21.0. The van der Waals surface area contributed by atoms with Crippen molar-refractivity contribution in [2.24, 2.45) is 0 Å².